The molecular formula is C21H23FN4O2. The number of nitrogens with one attached hydrogen (secondary N) is 1. The van der Waals surface area contributed by atoms with Crippen molar-refractivity contribution in [2.45, 2.75) is 6.92 Å². The molecule has 0 aliphatic carbocycles. The van der Waals surface area contributed by atoms with Crippen LogP contribution in [0.25, 0.3) is 16.7 Å². The molecular weight excluding hydrogens is 359 g/mol. The number of carbonyl (C=O) groups is 1. The lowest BCUT2D eigenvalue weighted by atomic mass is 10.2. The number of amides is 1. The van der Waals surface area contributed by atoms with Gasteiger partial charge >= 0.3 is 0 Å². The maximum Gasteiger partial charge on any atom is 0.251 e. The molecule has 0 spiro atoms. The van der Waals surface area contributed by atoms with Crippen molar-refractivity contribution in [3.63, 3.8) is 0 Å². The molecule has 1 aliphatic rings. The Labute approximate surface area is 162 Å². The number of nitrogens with zero attached hydrogens (tertiary/aromatic N) is 3. The molecule has 0 radical (unpaired) electrons. The van der Waals surface area contributed by atoms with E-state index in [-0.39, 0.29) is 11.7 Å². The van der Waals surface area contributed by atoms with Crippen LogP contribution in [0.4, 0.5) is 4.39 Å². The Morgan fingerprint density at radius 3 is 2.82 bits per heavy atom. The highest BCUT2D eigenvalue weighted by Gasteiger charge is 2.14. The summed E-state index contributed by atoms with van der Waals surface area (Å²) < 4.78 is 20.8. The minimum absolute atomic E-state index is 0.117. The van der Waals surface area contributed by atoms with Gasteiger partial charge in [-0.2, -0.15) is 0 Å². The van der Waals surface area contributed by atoms with Gasteiger partial charge in [-0.05, 0) is 43.3 Å². The maximum atomic E-state index is 13.6. The van der Waals surface area contributed by atoms with Gasteiger partial charge in [0.2, 0.25) is 0 Å². The van der Waals surface area contributed by atoms with Crippen LogP contribution in [0, 0.1) is 12.7 Å². The minimum Gasteiger partial charge on any atom is -0.379 e. The Balaban J connectivity index is 1.49. The fourth-order valence-corrected chi connectivity index (χ4v) is 3.54. The molecule has 1 fully saturated rings. The van der Waals surface area contributed by atoms with Gasteiger partial charge in [-0.1, -0.05) is 6.07 Å². The number of carbonyl (C=O) groups excluding carboxylic acids is 1. The number of imidazole rings is 1. The number of benzene rings is 2. The van der Waals surface area contributed by atoms with E-state index in [2.05, 4.69) is 15.2 Å². The van der Waals surface area contributed by atoms with Crippen molar-refractivity contribution in [1.82, 2.24) is 19.8 Å². The van der Waals surface area contributed by atoms with Gasteiger partial charge in [0.15, 0.2) is 0 Å². The van der Waals surface area contributed by atoms with E-state index in [4.69, 9.17) is 4.74 Å². The van der Waals surface area contributed by atoms with Crippen LogP contribution in [0.1, 0.15) is 16.2 Å². The highest BCUT2D eigenvalue weighted by atomic mass is 19.1. The summed E-state index contributed by atoms with van der Waals surface area (Å²) in [6.07, 6.45) is 0. The molecule has 2 heterocycles. The topological polar surface area (TPSA) is 59.4 Å². The molecule has 146 valence electrons. The van der Waals surface area contributed by atoms with Crippen molar-refractivity contribution in [3.05, 3.63) is 59.7 Å². The molecule has 0 unspecified atom stereocenters. The summed E-state index contributed by atoms with van der Waals surface area (Å²) in [5.41, 5.74) is 2.83. The summed E-state index contributed by atoms with van der Waals surface area (Å²) >= 11 is 0. The molecule has 3 aromatic rings. The number of ether oxygens (including phenoxy) is 1. The fourth-order valence-electron chi connectivity index (χ4n) is 3.54. The van der Waals surface area contributed by atoms with Crippen molar-refractivity contribution in [3.8, 4) is 5.69 Å². The number of morpholine rings is 1. The van der Waals surface area contributed by atoms with Gasteiger partial charge in [0.05, 0.1) is 29.9 Å². The van der Waals surface area contributed by atoms with Crippen molar-refractivity contribution in [2.24, 2.45) is 0 Å². The number of aryl methyl sites for hydroxylation is 1. The molecule has 7 heteroatoms. The fraction of sp³-hybridized carbons (Fsp3) is 0.333. The van der Waals surface area contributed by atoms with Gasteiger partial charge in [-0.15, -0.1) is 0 Å². The largest absolute Gasteiger partial charge is 0.379 e. The van der Waals surface area contributed by atoms with Crippen LogP contribution in [0.5, 0.6) is 0 Å². The van der Waals surface area contributed by atoms with E-state index < -0.39 is 0 Å². The molecule has 0 atom stereocenters. The van der Waals surface area contributed by atoms with E-state index in [1.54, 1.807) is 18.2 Å². The van der Waals surface area contributed by atoms with E-state index >= 15 is 0 Å². The van der Waals surface area contributed by atoms with Crippen molar-refractivity contribution >= 4 is 16.9 Å². The second-order valence-corrected chi connectivity index (χ2v) is 6.89. The van der Waals surface area contributed by atoms with Crippen LogP contribution < -0.4 is 5.32 Å². The van der Waals surface area contributed by atoms with Crippen molar-refractivity contribution < 1.29 is 13.9 Å². The van der Waals surface area contributed by atoms with E-state index in [9.17, 15) is 9.18 Å². The highest BCUT2D eigenvalue weighted by molar-refractivity contribution is 5.97. The normalized spacial score (nSPS) is 15.1. The monoisotopic (exact) mass is 382 g/mol. The average Bonchev–Trinajstić information content (AvgIpc) is 3.03. The molecule has 6 nitrogen and oxygen atoms in total. The van der Waals surface area contributed by atoms with E-state index in [0.29, 0.717) is 23.3 Å². The molecule has 0 saturated carbocycles. The highest BCUT2D eigenvalue weighted by Crippen LogP contribution is 2.23. The Morgan fingerprint density at radius 1 is 1.21 bits per heavy atom. The van der Waals surface area contributed by atoms with E-state index in [1.807, 2.05) is 23.6 Å². The molecule has 4 rings (SSSR count). The zero-order valence-electron chi connectivity index (χ0n) is 15.8. The van der Waals surface area contributed by atoms with Gasteiger partial charge in [0.1, 0.15) is 11.6 Å². The molecule has 1 aromatic heterocycles. The molecule has 28 heavy (non-hydrogen) atoms. The lowest BCUT2D eigenvalue weighted by Crippen LogP contribution is -2.41. The predicted octanol–water partition coefficient (Wildman–Crippen LogP) is 2.54. The van der Waals surface area contributed by atoms with Gasteiger partial charge in [-0.3, -0.25) is 14.3 Å². The predicted molar refractivity (Wildman–Crippen MR) is 105 cm³/mol. The van der Waals surface area contributed by atoms with Crippen LogP contribution >= 0.6 is 0 Å². The average molecular weight is 382 g/mol. The van der Waals surface area contributed by atoms with Crippen LogP contribution in [0.15, 0.2) is 42.5 Å². The van der Waals surface area contributed by atoms with Crippen LogP contribution in [-0.2, 0) is 4.74 Å². The Hall–Kier alpha value is -2.77. The third-order valence-electron chi connectivity index (χ3n) is 4.97. The minimum atomic E-state index is -0.296. The van der Waals surface area contributed by atoms with Gasteiger partial charge in [0.25, 0.3) is 5.91 Å². The second kappa shape index (κ2) is 8.08. The first-order chi connectivity index (χ1) is 13.6. The lowest BCUT2D eigenvalue weighted by molar-refractivity contribution is 0.0383. The Morgan fingerprint density at radius 2 is 2.04 bits per heavy atom. The number of rotatable bonds is 5. The van der Waals surface area contributed by atoms with Gasteiger partial charge < -0.3 is 10.1 Å². The smallest absolute Gasteiger partial charge is 0.251 e. The van der Waals surface area contributed by atoms with Crippen LogP contribution in [-0.4, -0.2) is 59.8 Å². The molecule has 1 saturated heterocycles. The zero-order valence-corrected chi connectivity index (χ0v) is 15.8. The van der Waals surface area contributed by atoms with Crippen LogP contribution in [0.2, 0.25) is 0 Å². The summed E-state index contributed by atoms with van der Waals surface area (Å²) in [4.78, 5) is 19.3. The number of hydrogen-bond donors (Lipinski definition) is 1. The summed E-state index contributed by atoms with van der Waals surface area (Å²) in [5.74, 6) is 0.327. The quantitative estimate of drug-likeness (QED) is 0.737. The Kier molecular flexibility index (Phi) is 5.36. The third kappa shape index (κ3) is 3.90. The van der Waals surface area contributed by atoms with E-state index in [1.165, 1.54) is 12.1 Å². The van der Waals surface area contributed by atoms with Crippen molar-refractivity contribution in [2.75, 3.05) is 39.4 Å². The first kappa shape index (κ1) is 18.6. The van der Waals surface area contributed by atoms with Gasteiger partial charge in [-0.25, -0.2) is 9.37 Å². The zero-order chi connectivity index (χ0) is 19.5. The third-order valence-corrected chi connectivity index (χ3v) is 4.97. The SMILES string of the molecule is Cc1nc2cc(C(=O)NCCN3CCOCC3)ccc2n1-c1cccc(F)c1. The summed E-state index contributed by atoms with van der Waals surface area (Å²) in [5, 5.41) is 2.97. The first-order valence-electron chi connectivity index (χ1n) is 9.45. The summed E-state index contributed by atoms with van der Waals surface area (Å²) in [6.45, 7) is 6.57. The summed E-state index contributed by atoms with van der Waals surface area (Å²) in [6, 6.07) is 11.8. The molecule has 1 aliphatic heterocycles. The second-order valence-electron chi connectivity index (χ2n) is 6.89. The Bertz CT molecular complexity index is 995. The number of halogens is 1. The molecule has 1 N–H and O–H groups in total. The van der Waals surface area contributed by atoms with Gasteiger partial charge in [0, 0.05) is 31.7 Å². The number of hydrogen-bond acceptors (Lipinski definition) is 4. The number of fused-ring (bicyclic) bond motifs is 1. The molecule has 0 bridgehead atoms. The van der Waals surface area contributed by atoms with Crippen molar-refractivity contribution in [1.29, 1.82) is 0 Å². The lowest BCUT2D eigenvalue weighted by Gasteiger charge is -2.26. The molecule has 2 aromatic carbocycles. The van der Waals surface area contributed by atoms with Crippen LogP contribution in [0.3, 0.4) is 0 Å². The van der Waals surface area contributed by atoms with E-state index in [0.717, 1.165) is 44.2 Å². The summed E-state index contributed by atoms with van der Waals surface area (Å²) in [7, 11) is 0. The first-order valence-corrected chi connectivity index (χ1v) is 9.45. The maximum absolute atomic E-state index is 13.6. The standard InChI is InChI=1S/C21H23FN4O2/c1-15-24-19-13-16(21(27)23-7-8-25-9-11-28-12-10-25)5-6-20(19)26(15)18-4-2-3-17(22)14-18/h2-6,13-14H,7-12H2,1H3,(H,23,27). The number of aromatic nitrogens is 2. The molecule has 1 amide bonds.